The largest absolute Gasteiger partial charge is 0.270 e. The lowest BCUT2D eigenvalue weighted by Gasteiger charge is -2.02. The topological polar surface area (TPSA) is 68.9 Å². The number of hydrogen-bond acceptors (Lipinski definition) is 4. The Hall–Kier alpha value is -1.79. The highest BCUT2D eigenvalue weighted by Crippen LogP contribution is 2.26. The number of benzene rings is 1. The monoisotopic (exact) mass is 287 g/mol. The van der Waals surface area contributed by atoms with Crippen LogP contribution in [0.2, 0.25) is 10.3 Å². The first-order valence-corrected chi connectivity index (χ1v) is 5.38. The molecule has 0 saturated carbocycles. The zero-order valence-corrected chi connectivity index (χ0v) is 10.1. The minimum Gasteiger partial charge on any atom is -0.258 e. The molecule has 0 fully saturated rings. The highest BCUT2D eigenvalue weighted by atomic mass is 35.5. The molecule has 0 atom stereocenters. The Bertz CT molecular complexity index is 613. The Balaban J connectivity index is 2.55. The second-order valence-corrected chi connectivity index (χ2v) is 3.97. The van der Waals surface area contributed by atoms with E-state index in [1.807, 2.05) is 0 Å². The number of non-ortho nitro benzene ring substituents is 1. The minimum absolute atomic E-state index is 0.0232. The van der Waals surface area contributed by atoms with Gasteiger partial charge in [0.2, 0.25) is 0 Å². The molecule has 0 aliphatic carbocycles. The third-order valence-corrected chi connectivity index (χ3v) is 2.59. The molecule has 0 radical (unpaired) electrons. The van der Waals surface area contributed by atoms with Crippen LogP contribution in [0.3, 0.4) is 0 Å². The van der Waals surface area contributed by atoms with E-state index in [2.05, 4.69) is 9.97 Å². The summed E-state index contributed by atoms with van der Waals surface area (Å²) in [5, 5.41) is 9.76. The number of nitro groups is 1. The van der Waals surface area contributed by atoms with Gasteiger partial charge in [-0.3, -0.25) is 10.1 Å². The van der Waals surface area contributed by atoms with E-state index < -0.39 is 21.0 Å². The van der Waals surface area contributed by atoms with Crippen molar-refractivity contribution >= 4 is 28.9 Å². The first kappa shape index (κ1) is 12.7. The number of nitrogens with zero attached hydrogens (tertiary/aromatic N) is 3. The predicted octanol–water partition coefficient (Wildman–Crippen LogP) is 3.50. The normalized spacial score (nSPS) is 10.4. The number of aromatic nitrogens is 2. The lowest BCUT2D eigenvalue weighted by atomic mass is 10.2. The Kier molecular flexibility index (Phi) is 3.40. The zero-order valence-electron chi connectivity index (χ0n) is 8.60. The molecule has 0 aliphatic rings. The second kappa shape index (κ2) is 4.83. The summed E-state index contributed by atoms with van der Waals surface area (Å²) in [6.45, 7) is 0. The zero-order chi connectivity index (χ0) is 13.3. The van der Waals surface area contributed by atoms with Crippen LogP contribution in [0.15, 0.2) is 24.3 Å². The number of nitro benzene ring substituents is 1. The number of rotatable bonds is 2. The van der Waals surface area contributed by atoms with Crippen LogP contribution in [0.1, 0.15) is 0 Å². The SMILES string of the molecule is O=[N+]([O-])c1cccc(-c2nc(Cl)c(F)c(Cl)n2)c1. The fraction of sp³-hybridized carbons (Fsp3) is 0. The van der Waals surface area contributed by atoms with Crippen LogP contribution in [0.25, 0.3) is 11.4 Å². The van der Waals surface area contributed by atoms with Crippen molar-refractivity contribution in [3.8, 4) is 11.4 Å². The van der Waals surface area contributed by atoms with Crippen molar-refractivity contribution in [2.24, 2.45) is 0 Å². The van der Waals surface area contributed by atoms with E-state index in [9.17, 15) is 14.5 Å². The van der Waals surface area contributed by atoms with Crippen molar-refractivity contribution in [2.75, 3.05) is 0 Å². The fourth-order valence-corrected chi connectivity index (χ4v) is 1.67. The van der Waals surface area contributed by atoms with Gasteiger partial charge in [0.25, 0.3) is 5.69 Å². The van der Waals surface area contributed by atoms with Crippen molar-refractivity contribution in [3.05, 3.63) is 50.5 Å². The molecule has 18 heavy (non-hydrogen) atoms. The van der Waals surface area contributed by atoms with Crippen LogP contribution in [-0.2, 0) is 0 Å². The average molecular weight is 288 g/mol. The Morgan fingerprint density at radius 1 is 1.22 bits per heavy atom. The van der Waals surface area contributed by atoms with Crippen LogP contribution >= 0.6 is 23.2 Å². The van der Waals surface area contributed by atoms with Crippen molar-refractivity contribution < 1.29 is 9.31 Å². The summed E-state index contributed by atoms with van der Waals surface area (Å²) >= 11 is 11.1. The lowest BCUT2D eigenvalue weighted by Crippen LogP contribution is -1.95. The van der Waals surface area contributed by atoms with Gasteiger partial charge < -0.3 is 0 Å². The highest BCUT2D eigenvalue weighted by Gasteiger charge is 2.14. The molecule has 1 heterocycles. The van der Waals surface area contributed by atoms with Gasteiger partial charge in [-0.05, 0) is 0 Å². The first-order valence-electron chi connectivity index (χ1n) is 4.62. The van der Waals surface area contributed by atoms with Crippen molar-refractivity contribution in [1.82, 2.24) is 9.97 Å². The predicted molar refractivity (Wildman–Crippen MR) is 64.1 cm³/mol. The average Bonchev–Trinajstić information content (AvgIpc) is 2.35. The summed E-state index contributed by atoms with van der Waals surface area (Å²) in [4.78, 5) is 17.4. The molecule has 0 aliphatic heterocycles. The van der Waals surface area contributed by atoms with Crippen molar-refractivity contribution in [3.63, 3.8) is 0 Å². The van der Waals surface area contributed by atoms with Gasteiger partial charge in [0.15, 0.2) is 21.9 Å². The van der Waals surface area contributed by atoms with Gasteiger partial charge in [0.1, 0.15) is 0 Å². The summed E-state index contributed by atoms with van der Waals surface area (Å²) in [7, 11) is 0. The molecule has 0 bridgehead atoms. The van der Waals surface area contributed by atoms with E-state index in [4.69, 9.17) is 23.2 Å². The maximum absolute atomic E-state index is 13.1. The summed E-state index contributed by atoms with van der Waals surface area (Å²) < 4.78 is 13.1. The summed E-state index contributed by atoms with van der Waals surface area (Å²) in [5.74, 6) is -0.900. The second-order valence-electron chi connectivity index (χ2n) is 3.25. The Morgan fingerprint density at radius 3 is 2.39 bits per heavy atom. The van der Waals surface area contributed by atoms with Gasteiger partial charge in [-0.1, -0.05) is 35.3 Å². The molecule has 2 aromatic rings. The van der Waals surface area contributed by atoms with Crippen molar-refractivity contribution in [2.45, 2.75) is 0 Å². The fourth-order valence-electron chi connectivity index (χ4n) is 1.28. The van der Waals surface area contributed by atoms with Crippen LogP contribution in [0, 0.1) is 15.9 Å². The molecule has 0 saturated heterocycles. The van der Waals surface area contributed by atoms with Crippen LogP contribution in [0.4, 0.5) is 10.1 Å². The lowest BCUT2D eigenvalue weighted by molar-refractivity contribution is -0.384. The summed E-state index contributed by atoms with van der Waals surface area (Å²) in [6.07, 6.45) is 0. The molecule has 0 unspecified atom stereocenters. The van der Waals surface area contributed by atoms with E-state index >= 15 is 0 Å². The van der Waals surface area contributed by atoms with Gasteiger partial charge in [-0.2, -0.15) is 0 Å². The standard InChI is InChI=1S/C10H4Cl2FN3O2/c11-8-7(13)9(12)15-10(14-8)5-2-1-3-6(4-5)16(17)18/h1-4H. The number of hydrogen-bond donors (Lipinski definition) is 0. The molecule has 0 N–H and O–H groups in total. The van der Waals surface area contributed by atoms with E-state index in [0.29, 0.717) is 5.56 Å². The van der Waals surface area contributed by atoms with Gasteiger partial charge in [-0.25, -0.2) is 14.4 Å². The van der Waals surface area contributed by atoms with Crippen molar-refractivity contribution in [1.29, 1.82) is 0 Å². The highest BCUT2D eigenvalue weighted by molar-refractivity contribution is 6.33. The molecule has 2 rings (SSSR count). The van der Waals surface area contributed by atoms with Crippen LogP contribution < -0.4 is 0 Å². The number of halogens is 3. The van der Waals surface area contributed by atoms with Gasteiger partial charge in [-0.15, -0.1) is 0 Å². The molecule has 1 aromatic heterocycles. The van der Waals surface area contributed by atoms with E-state index in [-0.39, 0.29) is 11.5 Å². The van der Waals surface area contributed by atoms with E-state index in [1.165, 1.54) is 24.3 Å². The molecule has 1 aromatic carbocycles. The summed E-state index contributed by atoms with van der Waals surface area (Å²) in [5.41, 5.74) is 0.195. The quantitative estimate of drug-likeness (QED) is 0.482. The van der Waals surface area contributed by atoms with E-state index in [1.54, 1.807) is 0 Å². The molecule has 0 spiro atoms. The molecule has 8 heteroatoms. The van der Waals surface area contributed by atoms with Crippen LogP contribution in [0.5, 0.6) is 0 Å². The molecule has 5 nitrogen and oxygen atoms in total. The molecule has 0 amide bonds. The smallest absolute Gasteiger partial charge is 0.258 e. The van der Waals surface area contributed by atoms with Gasteiger partial charge >= 0.3 is 0 Å². The Morgan fingerprint density at radius 2 is 1.83 bits per heavy atom. The Labute approximate surface area is 110 Å². The third-order valence-electron chi connectivity index (χ3n) is 2.09. The molecule has 92 valence electrons. The summed E-state index contributed by atoms with van der Waals surface area (Å²) in [6, 6.07) is 5.56. The molecular weight excluding hydrogens is 284 g/mol. The van der Waals surface area contributed by atoms with Crippen LogP contribution in [-0.4, -0.2) is 14.9 Å². The van der Waals surface area contributed by atoms with Gasteiger partial charge in [0.05, 0.1) is 4.92 Å². The first-order chi connectivity index (χ1) is 8.49. The maximum atomic E-state index is 13.1. The maximum Gasteiger partial charge on any atom is 0.270 e. The molecular formula is C10H4Cl2FN3O2. The van der Waals surface area contributed by atoms with Gasteiger partial charge in [0, 0.05) is 17.7 Å². The third kappa shape index (κ3) is 2.39. The minimum atomic E-state index is -0.924. The van der Waals surface area contributed by atoms with E-state index in [0.717, 1.165) is 0 Å².